The van der Waals surface area contributed by atoms with Gasteiger partial charge in [-0.1, -0.05) is 20.8 Å². The Morgan fingerprint density at radius 1 is 1.12 bits per heavy atom. The monoisotopic (exact) mass is 367 g/mol. The molecular weight excluding hydrogens is 330 g/mol. The van der Waals surface area contributed by atoms with Crippen molar-refractivity contribution in [1.29, 1.82) is 0 Å². The first-order valence-electron chi connectivity index (χ1n) is 10.4. The second kappa shape index (κ2) is 10.9. The summed E-state index contributed by atoms with van der Waals surface area (Å²) in [5, 5.41) is 6.02. The summed E-state index contributed by atoms with van der Waals surface area (Å²) in [5.74, 6) is 0.871. The lowest BCUT2D eigenvalue weighted by Crippen LogP contribution is -2.51. The molecule has 6 nitrogen and oxygen atoms in total. The van der Waals surface area contributed by atoms with Crippen molar-refractivity contribution in [1.82, 2.24) is 15.5 Å². The van der Waals surface area contributed by atoms with E-state index < -0.39 is 6.04 Å². The fourth-order valence-electron chi connectivity index (χ4n) is 3.78. The highest BCUT2D eigenvalue weighted by Crippen LogP contribution is 2.28. The standard InChI is InChI=1S/C20H37N3O3/c1-15(2)18(22-19(24)17-7-5-16(3)6-8-17)20(25)21-9-4-10-23-11-13-26-14-12-23/h15-18H,4-14H2,1-3H3,(H,21,25)(H,22,24). The van der Waals surface area contributed by atoms with E-state index in [4.69, 9.17) is 4.74 Å². The first-order valence-corrected chi connectivity index (χ1v) is 10.4. The predicted octanol–water partition coefficient (Wildman–Crippen LogP) is 1.79. The van der Waals surface area contributed by atoms with E-state index >= 15 is 0 Å². The lowest BCUT2D eigenvalue weighted by Gasteiger charge is -2.29. The third kappa shape index (κ3) is 6.88. The molecule has 0 radical (unpaired) electrons. The van der Waals surface area contributed by atoms with Gasteiger partial charge in [0.15, 0.2) is 0 Å². The lowest BCUT2D eigenvalue weighted by molar-refractivity contribution is -0.132. The molecule has 1 saturated carbocycles. The van der Waals surface area contributed by atoms with E-state index in [1.54, 1.807) is 0 Å². The van der Waals surface area contributed by atoms with E-state index in [9.17, 15) is 9.59 Å². The highest BCUT2D eigenvalue weighted by atomic mass is 16.5. The highest BCUT2D eigenvalue weighted by Gasteiger charge is 2.29. The van der Waals surface area contributed by atoms with Crippen molar-refractivity contribution in [3.63, 3.8) is 0 Å². The summed E-state index contributed by atoms with van der Waals surface area (Å²) in [5.41, 5.74) is 0. The molecule has 0 bridgehead atoms. The maximum absolute atomic E-state index is 12.6. The van der Waals surface area contributed by atoms with E-state index in [0.29, 0.717) is 6.54 Å². The average molecular weight is 368 g/mol. The second-order valence-corrected chi connectivity index (χ2v) is 8.29. The van der Waals surface area contributed by atoms with Crippen LogP contribution < -0.4 is 10.6 Å². The van der Waals surface area contributed by atoms with Crippen LogP contribution in [0.1, 0.15) is 52.9 Å². The summed E-state index contributed by atoms with van der Waals surface area (Å²) in [6.07, 6.45) is 5.03. The summed E-state index contributed by atoms with van der Waals surface area (Å²) < 4.78 is 5.34. The molecule has 0 aromatic rings. The molecule has 2 rings (SSSR count). The second-order valence-electron chi connectivity index (χ2n) is 8.29. The minimum atomic E-state index is -0.440. The lowest BCUT2D eigenvalue weighted by atomic mass is 9.82. The Morgan fingerprint density at radius 3 is 2.38 bits per heavy atom. The summed E-state index contributed by atoms with van der Waals surface area (Å²) in [6.45, 7) is 11.4. The van der Waals surface area contributed by atoms with Gasteiger partial charge in [0.2, 0.25) is 11.8 Å². The third-order valence-corrected chi connectivity index (χ3v) is 5.69. The molecule has 2 fully saturated rings. The number of hydrogen-bond donors (Lipinski definition) is 2. The molecule has 1 aliphatic carbocycles. The van der Waals surface area contributed by atoms with Crippen LogP contribution in [0.5, 0.6) is 0 Å². The van der Waals surface area contributed by atoms with Crippen LogP contribution in [0.2, 0.25) is 0 Å². The SMILES string of the molecule is CC1CCC(C(=O)NC(C(=O)NCCCN2CCOCC2)C(C)C)CC1. The summed E-state index contributed by atoms with van der Waals surface area (Å²) in [7, 11) is 0. The fourth-order valence-corrected chi connectivity index (χ4v) is 3.78. The van der Waals surface area contributed by atoms with E-state index in [-0.39, 0.29) is 23.7 Å². The molecule has 1 heterocycles. The van der Waals surface area contributed by atoms with Gasteiger partial charge >= 0.3 is 0 Å². The minimum absolute atomic E-state index is 0.0547. The third-order valence-electron chi connectivity index (χ3n) is 5.69. The Morgan fingerprint density at radius 2 is 1.77 bits per heavy atom. The number of morpholine rings is 1. The molecule has 2 N–H and O–H groups in total. The number of hydrogen-bond acceptors (Lipinski definition) is 4. The van der Waals surface area contributed by atoms with E-state index in [2.05, 4.69) is 22.5 Å². The van der Waals surface area contributed by atoms with Gasteiger partial charge in [0.1, 0.15) is 6.04 Å². The number of carbonyl (C=O) groups excluding carboxylic acids is 2. The quantitative estimate of drug-likeness (QED) is 0.642. The minimum Gasteiger partial charge on any atom is -0.379 e. The number of ether oxygens (including phenoxy) is 1. The Balaban J connectivity index is 1.71. The maximum atomic E-state index is 12.6. The van der Waals surface area contributed by atoms with Gasteiger partial charge in [0, 0.05) is 25.6 Å². The molecule has 0 aromatic heterocycles. The number of carbonyl (C=O) groups is 2. The molecule has 1 atom stereocenters. The van der Waals surface area contributed by atoms with Crippen LogP contribution >= 0.6 is 0 Å². The van der Waals surface area contributed by atoms with Crippen LogP contribution in [0.15, 0.2) is 0 Å². The van der Waals surface area contributed by atoms with Crippen LogP contribution in [-0.4, -0.2) is 62.1 Å². The van der Waals surface area contributed by atoms with Crippen molar-refractivity contribution in [2.75, 3.05) is 39.4 Å². The van der Waals surface area contributed by atoms with Crippen molar-refractivity contribution >= 4 is 11.8 Å². The zero-order valence-corrected chi connectivity index (χ0v) is 16.8. The van der Waals surface area contributed by atoms with Crippen LogP contribution in [-0.2, 0) is 14.3 Å². The van der Waals surface area contributed by atoms with Crippen molar-refractivity contribution in [2.45, 2.75) is 58.9 Å². The molecule has 6 heteroatoms. The van der Waals surface area contributed by atoms with Crippen LogP contribution in [0.25, 0.3) is 0 Å². The number of nitrogens with zero attached hydrogens (tertiary/aromatic N) is 1. The van der Waals surface area contributed by atoms with Crippen molar-refractivity contribution < 1.29 is 14.3 Å². The number of nitrogens with one attached hydrogen (secondary N) is 2. The molecule has 0 spiro atoms. The normalized spacial score (nSPS) is 25.7. The molecule has 26 heavy (non-hydrogen) atoms. The van der Waals surface area contributed by atoms with Gasteiger partial charge in [-0.3, -0.25) is 14.5 Å². The van der Waals surface area contributed by atoms with Crippen LogP contribution in [0.4, 0.5) is 0 Å². The van der Waals surface area contributed by atoms with Crippen molar-refractivity contribution in [3.05, 3.63) is 0 Å². The van der Waals surface area contributed by atoms with Gasteiger partial charge < -0.3 is 15.4 Å². The first-order chi connectivity index (χ1) is 12.5. The van der Waals surface area contributed by atoms with Crippen LogP contribution in [0.3, 0.4) is 0 Å². The molecule has 1 aliphatic heterocycles. The Bertz CT molecular complexity index is 442. The Hall–Kier alpha value is -1.14. The maximum Gasteiger partial charge on any atom is 0.242 e. The molecule has 150 valence electrons. The summed E-state index contributed by atoms with van der Waals surface area (Å²) >= 11 is 0. The van der Waals surface area contributed by atoms with Gasteiger partial charge in [-0.25, -0.2) is 0 Å². The zero-order valence-electron chi connectivity index (χ0n) is 16.8. The van der Waals surface area contributed by atoms with Gasteiger partial charge in [0.25, 0.3) is 0 Å². The zero-order chi connectivity index (χ0) is 18.9. The summed E-state index contributed by atoms with van der Waals surface area (Å²) in [4.78, 5) is 27.5. The molecule has 0 aromatic carbocycles. The molecule has 2 amide bonds. The van der Waals surface area contributed by atoms with E-state index in [0.717, 1.165) is 70.9 Å². The first kappa shape index (κ1) is 21.2. The predicted molar refractivity (Wildman–Crippen MR) is 103 cm³/mol. The van der Waals surface area contributed by atoms with E-state index in [1.165, 1.54) is 0 Å². The summed E-state index contributed by atoms with van der Waals surface area (Å²) in [6, 6.07) is -0.440. The Kier molecular flexibility index (Phi) is 8.85. The average Bonchev–Trinajstić information content (AvgIpc) is 2.64. The fraction of sp³-hybridized carbons (Fsp3) is 0.900. The number of rotatable bonds is 8. The van der Waals surface area contributed by atoms with E-state index in [1.807, 2.05) is 13.8 Å². The topological polar surface area (TPSA) is 70.7 Å². The van der Waals surface area contributed by atoms with Gasteiger partial charge in [0.05, 0.1) is 13.2 Å². The smallest absolute Gasteiger partial charge is 0.242 e. The molecular formula is C20H37N3O3. The van der Waals surface area contributed by atoms with Gasteiger partial charge in [-0.05, 0) is 50.5 Å². The number of amides is 2. The highest BCUT2D eigenvalue weighted by molar-refractivity contribution is 5.88. The Labute approximate surface area is 158 Å². The largest absolute Gasteiger partial charge is 0.379 e. The van der Waals surface area contributed by atoms with Crippen molar-refractivity contribution in [2.24, 2.45) is 17.8 Å². The molecule has 1 saturated heterocycles. The van der Waals surface area contributed by atoms with Gasteiger partial charge in [-0.15, -0.1) is 0 Å². The van der Waals surface area contributed by atoms with Gasteiger partial charge in [-0.2, -0.15) is 0 Å². The molecule has 2 aliphatic rings. The van der Waals surface area contributed by atoms with Crippen molar-refractivity contribution in [3.8, 4) is 0 Å². The van der Waals surface area contributed by atoms with Crippen LogP contribution in [0, 0.1) is 17.8 Å². The molecule has 1 unspecified atom stereocenters.